The zero-order valence-electron chi connectivity index (χ0n) is 12.1. The SMILES string of the molecule is Cc1nc2cc(C(=O)O)ccc2n1CC1CCCCC1O. The van der Waals surface area contributed by atoms with Gasteiger partial charge in [-0.2, -0.15) is 0 Å². The molecule has 112 valence electrons. The quantitative estimate of drug-likeness (QED) is 0.910. The van der Waals surface area contributed by atoms with Gasteiger partial charge < -0.3 is 14.8 Å². The Kier molecular flexibility index (Phi) is 3.68. The Hall–Kier alpha value is -1.88. The van der Waals surface area contributed by atoms with Crippen molar-refractivity contribution in [2.75, 3.05) is 0 Å². The van der Waals surface area contributed by atoms with E-state index in [4.69, 9.17) is 5.11 Å². The van der Waals surface area contributed by atoms with Crippen LogP contribution < -0.4 is 0 Å². The number of aromatic carboxylic acids is 1. The van der Waals surface area contributed by atoms with E-state index in [1.165, 1.54) is 0 Å². The minimum atomic E-state index is -0.938. The molecule has 2 N–H and O–H groups in total. The van der Waals surface area contributed by atoms with Crippen LogP contribution in [0.15, 0.2) is 18.2 Å². The molecule has 5 nitrogen and oxygen atoms in total. The lowest BCUT2D eigenvalue weighted by atomic mass is 9.86. The van der Waals surface area contributed by atoms with Crippen molar-refractivity contribution in [3.63, 3.8) is 0 Å². The normalized spacial score (nSPS) is 22.6. The van der Waals surface area contributed by atoms with Crippen LogP contribution in [0.3, 0.4) is 0 Å². The minimum Gasteiger partial charge on any atom is -0.478 e. The summed E-state index contributed by atoms with van der Waals surface area (Å²) in [7, 11) is 0. The third kappa shape index (κ3) is 2.65. The van der Waals surface area contributed by atoms with Gasteiger partial charge in [-0.1, -0.05) is 12.8 Å². The molecule has 21 heavy (non-hydrogen) atoms. The molecular formula is C16H20N2O3. The molecule has 0 bridgehead atoms. The van der Waals surface area contributed by atoms with Crippen LogP contribution in [0.25, 0.3) is 11.0 Å². The maximum absolute atomic E-state index is 11.0. The highest BCUT2D eigenvalue weighted by atomic mass is 16.4. The summed E-state index contributed by atoms with van der Waals surface area (Å²) in [6.07, 6.45) is 3.93. The number of nitrogens with zero attached hydrogens (tertiary/aromatic N) is 2. The molecule has 1 aliphatic carbocycles. The lowest BCUT2D eigenvalue weighted by Crippen LogP contribution is -2.28. The second-order valence-electron chi connectivity index (χ2n) is 5.89. The van der Waals surface area contributed by atoms with E-state index >= 15 is 0 Å². The van der Waals surface area contributed by atoms with Gasteiger partial charge in [0.05, 0.1) is 22.7 Å². The summed E-state index contributed by atoms with van der Waals surface area (Å²) < 4.78 is 2.10. The minimum absolute atomic E-state index is 0.242. The third-order valence-electron chi connectivity index (χ3n) is 4.47. The number of benzene rings is 1. The Bertz CT molecular complexity index is 677. The number of hydrogen-bond donors (Lipinski definition) is 2. The van der Waals surface area contributed by atoms with Crippen molar-refractivity contribution >= 4 is 17.0 Å². The summed E-state index contributed by atoms with van der Waals surface area (Å²) in [6.45, 7) is 2.67. The van der Waals surface area contributed by atoms with Gasteiger partial charge in [-0.3, -0.25) is 0 Å². The fourth-order valence-electron chi connectivity index (χ4n) is 3.25. The number of aromatic nitrogens is 2. The van der Waals surface area contributed by atoms with Crippen molar-refractivity contribution in [1.82, 2.24) is 9.55 Å². The van der Waals surface area contributed by atoms with Gasteiger partial charge in [0.25, 0.3) is 0 Å². The molecule has 1 saturated carbocycles. The number of aryl methyl sites for hydroxylation is 1. The van der Waals surface area contributed by atoms with Crippen LogP contribution in [0.4, 0.5) is 0 Å². The van der Waals surface area contributed by atoms with E-state index in [1.54, 1.807) is 12.1 Å². The Morgan fingerprint density at radius 2 is 2.14 bits per heavy atom. The molecule has 0 aliphatic heterocycles. The van der Waals surface area contributed by atoms with E-state index in [9.17, 15) is 9.90 Å². The summed E-state index contributed by atoms with van der Waals surface area (Å²) in [6, 6.07) is 5.03. The second-order valence-corrected chi connectivity index (χ2v) is 5.89. The van der Waals surface area contributed by atoms with E-state index in [-0.39, 0.29) is 17.6 Å². The highest BCUT2D eigenvalue weighted by Crippen LogP contribution is 2.28. The van der Waals surface area contributed by atoms with Gasteiger partial charge in [0.15, 0.2) is 0 Å². The predicted octanol–water partition coefficient (Wildman–Crippen LogP) is 2.59. The number of imidazole rings is 1. The first-order valence-corrected chi connectivity index (χ1v) is 7.44. The van der Waals surface area contributed by atoms with E-state index in [2.05, 4.69) is 9.55 Å². The number of rotatable bonds is 3. The molecule has 0 spiro atoms. The number of aliphatic hydroxyl groups excluding tert-OH is 1. The fourth-order valence-corrected chi connectivity index (χ4v) is 3.25. The molecule has 5 heteroatoms. The first-order valence-electron chi connectivity index (χ1n) is 7.44. The van der Waals surface area contributed by atoms with Crippen LogP contribution in [0, 0.1) is 12.8 Å². The summed E-state index contributed by atoms with van der Waals surface area (Å²) in [4.78, 5) is 15.5. The summed E-state index contributed by atoms with van der Waals surface area (Å²) in [5, 5.41) is 19.2. The molecule has 1 aromatic heterocycles. The highest BCUT2D eigenvalue weighted by molar-refractivity contribution is 5.92. The van der Waals surface area contributed by atoms with Crippen molar-refractivity contribution in [3.8, 4) is 0 Å². The third-order valence-corrected chi connectivity index (χ3v) is 4.47. The molecule has 0 radical (unpaired) electrons. The summed E-state index contributed by atoms with van der Waals surface area (Å²) in [5.74, 6) is 0.186. The van der Waals surface area contributed by atoms with E-state index in [1.807, 2.05) is 13.0 Å². The lowest BCUT2D eigenvalue weighted by Gasteiger charge is -2.28. The Morgan fingerprint density at radius 1 is 1.38 bits per heavy atom. The second kappa shape index (κ2) is 5.48. The molecule has 2 unspecified atom stereocenters. The van der Waals surface area contributed by atoms with Crippen molar-refractivity contribution in [2.45, 2.75) is 45.3 Å². The van der Waals surface area contributed by atoms with Gasteiger partial charge in [-0.25, -0.2) is 9.78 Å². The monoisotopic (exact) mass is 288 g/mol. The standard InChI is InChI=1S/C16H20N2O3/c1-10-17-13-8-11(16(20)21)6-7-14(13)18(10)9-12-4-2-3-5-15(12)19/h6-8,12,15,19H,2-5,9H2,1H3,(H,20,21). The van der Waals surface area contributed by atoms with E-state index < -0.39 is 5.97 Å². The number of carbonyl (C=O) groups is 1. The molecule has 1 aromatic carbocycles. The zero-order chi connectivity index (χ0) is 15.0. The van der Waals surface area contributed by atoms with Crippen LogP contribution in [-0.2, 0) is 6.54 Å². The molecular weight excluding hydrogens is 268 g/mol. The van der Waals surface area contributed by atoms with Crippen LogP contribution in [0.2, 0.25) is 0 Å². The van der Waals surface area contributed by atoms with Crippen LogP contribution >= 0.6 is 0 Å². The Morgan fingerprint density at radius 3 is 2.86 bits per heavy atom. The van der Waals surface area contributed by atoms with Gasteiger partial charge >= 0.3 is 5.97 Å². The van der Waals surface area contributed by atoms with E-state index in [0.29, 0.717) is 5.52 Å². The highest BCUT2D eigenvalue weighted by Gasteiger charge is 2.24. The molecule has 0 saturated heterocycles. The average molecular weight is 288 g/mol. The fraction of sp³-hybridized carbons (Fsp3) is 0.500. The van der Waals surface area contributed by atoms with E-state index in [0.717, 1.165) is 43.6 Å². The Balaban J connectivity index is 1.94. The Labute approximate surface area is 123 Å². The lowest BCUT2D eigenvalue weighted by molar-refractivity contribution is 0.0609. The molecule has 1 heterocycles. The predicted molar refractivity (Wildman–Crippen MR) is 79.4 cm³/mol. The van der Waals surface area contributed by atoms with Crippen molar-refractivity contribution in [1.29, 1.82) is 0 Å². The number of aliphatic hydroxyl groups is 1. The average Bonchev–Trinajstić information content (AvgIpc) is 2.76. The topological polar surface area (TPSA) is 75.3 Å². The molecule has 0 amide bonds. The van der Waals surface area contributed by atoms with Gasteiger partial charge in [-0.05, 0) is 38.0 Å². The van der Waals surface area contributed by atoms with Crippen molar-refractivity contribution in [3.05, 3.63) is 29.6 Å². The molecule has 1 fully saturated rings. The number of fused-ring (bicyclic) bond motifs is 1. The molecule has 1 aliphatic rings. The zero-order valence-corrected chi connectivity index (χ0v) is 12.1. The number of carboxylic acids is 1. The number of hydrogen-bond acceptors (Lipinski definition) is 3. The smallest absolute Gasteiger partial charge is 0.335 e. The van der Waals surface area contributed by atoms with Gasteiger partial charge in [0.2, 0.25) is 0 Å². The van der Waals surface area contributed by atoms with Crippen LogP contribution in [-0.4, -0.2) is 31.8 Å². The summed E-state index contributed by atoms with van der Waals surface area (Å²) >= 11 is 0. The molecule has 3 rings (SSSR count). The largest absolute Gasteiger partial charge is 0.478 e. The summed E-state index contributed by atoms with van der Waals surface area (Å²) in [5.41, 5.74) is 1.90. The maximum atomic E-state index is 11.0. The first kappa shape index (κ1) is 14.1. The molecule has 2 atom stereocenters. The van der Waals surface area contributed by atoms with Gasteiger partial charge in [0.1, 0.15) is 5.82 Å². The van der Waals surface area contributed by atoms with Crippen molar-refractivity contribution in [2.24, 2.45) is 5.92 Å². The van der Waals surface area contributed by atoms with Crippen LogP contribution in [0.1, 0.15) is 41.9 Å². The van der Waals surface area contributed by atoms with Gasteiger partial charge in [-0.15, -0.1) is 0 Å². The first-order chi connectivity index (χ1) is 10.1. The maximum Gasteiger partial charge on any atom is 0.335 e. The number of carboxylic acid groups (broad SMARTS) is 1. The molecule has 2 aromatic rings. The van der Waals surface area contributed by atoms with Crippen molar-refractivity contribution < 1.29 is 15.0 Å². The van der Waals surface area contributed by atoms with Gasteiger partial charge in [0, 0.05) is 12.5 Å². The van der Waals surface area contributed by atoms with Crippen LogP contribution in [0.5, 0.6) is 0 Å².